The molecule has 1 aromatic carbocycles. The summed E-state index contributed by atoms with van der Waals surface area (Å²) in [4.78, 5) is 24.7. The average Bonchev–Trinajstić information content (AvgIpc) is 3.15. The largest absolute Gasteiger partial charge is 0.465 e. The number of benzene rings is 1. The van der Waals surface area contributed by atoms with Crippen LogP contribution in [0.2, 0.25) is 5.02 Å². The zero-order valence-corrected chi connectivity index (χ0v) is 18.2. The van der Waals surface area contributed by atoms with Gasteiger partial charge in [0.1, 0.15) is 11.6 Å². The molecule has 0 spiro atoms. The molecule has 1 atom stereocenters. The maximum absolute atomic E-state index is 12.6. The summed E-state index contributed by atoms with van der Waals surface area (Å²) in [5.41, 5.74) is 6.21. The summed E-state index contributed by atoms with van der Waals surface area (Å²) in [5.74, 6) is -0.656. The topological polar surface area (TPSA) is 121 Å². The van der Waals surface area contributed by atoms with Gasteiger partial charge in [0.2, 0.25) is 5.91 Å². The van der Waals surface area contributed by atoms with Crippen LogP contribution in [0.3, 0.4) is 0 Å². The van der Waals surface area contributed by atoms with Gasteiger partial charge in [0.15, 0.2) is 11.5 Å². The monoisotopic (exact) mass is 461 g/mol. The summed E-state index contributed by atoms with van der Waals surface area (Å²) in [6.45, 7) is 3.62. The van der Waals surface area contributed by atoms with Gasteiger partial charge in [-0.2, -0.15) is 0 Å². The Morgan fingerprint density at radius 2 is 1.94 bits per heavy atom. The molecule has 0 unspecified atom stereocenters. The van der Waals surface area contributed by atoms with E-state index in [-0.39, 0.29) is 30.3 Å². The Kier molecular flexibility index (Phi) is 8.31. The van der Waals surface area contributed by atoms with Crippen LogP contribution in [0.15, 0.2) is 42.6 Å². The molecule has 9 nitrogen and oxygen atoms in total. The van der Waals surface area contributed by atoms with Crippen LogP contribution in [0.5, 0.6) is 0 Å². The van der Waals surface area contributed by atoms with Crippen molar-refractivity contribution in [2.45, 2.75) is 39.5 Å². The number of carbonyl (C=O) groups is 2. The number of rotatable bonds is 8. The van der Waals surface area contributed by atoms with Crippen LogP contribution in [-0.4, -0.2) is 45.7 Å². The van der Waals surface area contributed by atoms with Crippen LogP contribution in [0.25, 0.3) is 5.65 Å². The number of ether oxygens (including phenoxy) is 2. The van der Waals surface area contributed by atoms with Crippen molar-refractivity contribution in [3.63, 3.8) is 0 Å². The van der Waals surface area contributed by atoms with Gasteiger partial charge in [-0.25, -0.2) is 4.79 Å². The number of aromatic nitrogens is 3. The lowest BCUT2D eigenvalue weighted by atomic mass is 10.1. The Bertz CT molecular complexity index is 1080. The average molecular weight is 462 g/mol. The number of nitrogens with one attached hydrogen (secondary N) is 1. The summed E-state index contributed by atoms with van der Waals surface area (Å²) in [6.07, 6.45) is 1.56. The van der Waals surface area contributed by atoms with Gasteiger partial charge in [-0.1, -0.05) is 49.4 Å². The molecule has 0 fully saturated rings. The molecule has 0 aliphatic heterocycles. The Hall–Kier alpha value is -3.01. The number of halogens is 1. The molecule has 0 radical (unpaired) electrons. The summed E-state index contributed by atoms with van der Waals surface area (Å²) >= 11 is 6.20. The maximum Gasteiger partial charge on any atom is 0.341 e. The van der Waals surface area contributed by atoms with Crippen LogP contribution >= 0.6 is 11.6 Å². The molecular weight excluding hydrogens is 434 g/mol. The zero-order valence-electron chi connectivity index (χ0n) is 17.5. The van der Waals surface area contributed by atoms with E-state index >= 15 is 0 Å². The van der Waals surface area contributed by atoms with Crippen molar-refractivity contribution in [3.05, 3.63) is 64.6 Å². The molecule has 3 rings (SSSR count). The first-order chi connectivity index (χ1) is 14.7. The fraction of sp³-hybridized carbons (Fsp3) is 0.364. The highest BCUT2D eigenvalue weighted by molar-refractivity contribution is 6.31. The van der Waals surface area contributed by atoms with Gasteiger partial charge in [-0.05, 0) is 25.5 Å². The van der Waals surface area contributed by atoms with E-state index in [9.17, 15) is 9.59 Å². The van der Waals surface area contributed by atoms with Crippen LogP contribution in [0, 0.1) is 0 Å². The maximum atomic E-state index is 12.6. The second-order valence-corrected chi connectivity index (χ2v) is 8.00. The molecule has 32 heavy (non-hydrogen) atoms. The van der Waals surface area contributed by atoms with Crippen molar-refractivity contribution >= 4 is 29.1 Å². The number of esters is 1. The van der Waals surface area contributed by atoms with Gasteiger partial charge in [0.05, 0.1) is 30.9 Å². The second kappa shape index (κ2) is 10.5. The Morgan fingerprint density at radius 3 is 2.56 bits per heavy atom. The van der Waals surface area contributed by atoms with E-state index in [1.54, 1.807) is 20.0 Å². The highest BCUT2D eigenvalue weighted by atomic mass is 35.5. The summed E-state index contributed by atoms with van der Waals surface area (Å²) in [6, 6.07) is 10.4. The first kappa shape index (κ1) is 25.3. The van der Waals surface area contributed by atoms with Crippen molar-refractivity contribution in [1.29, 1.82) is 0 Å². The molecule has 1 amide bonds. The van der Waals surface area contributed by atoms with E-state index in [2.05, 4.69) is 15.5 Å². The molecule has 172 valence electrons. The lowest BCUT2D eigenvalue weighted by molar-refractivity contribution is -0.126. The van der Waals surface area contributed by atoms with Crippen LogP contribution in [0.1, 0.15) is 49.1 Å². The highest BCUT2D eigenvalue weighted by Gasteiger charge is 2.29. The SMILES string of the molecule is C.COC(=O)c1cc(Cl)cn2c([C@@H](COCc3ccccc3)NC(=O)C(C)(C)N)nnc12. The minimum atomic E-state index is -1.12. The first-order valence-electron chi connectivity index (χ1n) is 9.54. The van der Waals surface area contributed by atoms with E-state index in [4.69, 9.17) is 26.8 Å². The van der Waals surface area contributed by atoms with Crippen LogP contribution < -0.4 is 11.1 Å². The van der Waals surface area contributed by atoms with Gasteiger partial charge in [-0.15, -0.1) is 10.2 Å². The molecule has 3 aromatic rings. The number of methoxy groups -OCH3 is 1. The third-order valence-corrected chi connectivity index (χ3v) is 4.71. The van der Waals surface area contributed by atoms with Gasteiger partial charge in [0.25, 0.3) is 0 Å². The zero-order chi connectivity index (χ0) is 22.6. The number of nitrogens with two attached hydrogens (primary N) is 1. The molecule has 3 N–H and O–H groups in total. The van der Waals surface area contributed by atoms with Crippen molar-refractivity contribution in [1.82, 2.24) is 19.9 Å². The van der Waals surface area contributed by atoms with E-state index in [1.165, 1.54) is 17.6 Å². The van der Waals surface area contributed by atoms with Crippen molar-refractivity contribution < 1.29 is 19.1 Å². The van der Waals surface area contributed by atoms with Crippen LogP contribution in [-0.2, 0) is 20.9 Å². The van der Waals surface area contributed by atoms with Gasteiger partial charge in [-0.3, -0.25) is 9.20 Å². The molecule has 0 aliphatic rings. The number of pyridine rings is 1. The van der Waals surface area contributed by atoms with Crippen molar-refractivity contribution in [2.24, 2.45) is 5.73 Å². The quantitative estimate of drug-likeness (QED) is 0.494. The Labute approximate surface area is 191 Å². The minimum Gasteiger partial charge on any atom is -0.465 e. The van der Waals surface area contributed by atoms with E-state index in [0.717, 1.165) is 5.56 Å². The molecular formula is C22H28ClN5O4. The first-order valence-corrected chi connectivity index (χ1v) is 9.92. The molecule has 0 aliphatic carbocycles. The van der Waals surface area contributed by atoms with E-state index in [0.29, 0.717) is 12.4 Å². The Balaban J connectivity index is 0.00000363. The number of hydrogen-bond acceptors (Lipinski definition) is 7. The molecule has 2 aromatic heterocycles. The minimum absolute atomic E-state index is 0. The third-order valence-electron chi connectivity index (χ3n) is 4.50. The third kappa shape index (κ3) is 5.82. The molecule has 10 heteroatoms. The van der Waals surface area contributed by atoms with Gasteiger partial charge in [0, 0.05) is 6.20 Å². The Morgan fingerprint density at radius 1 is 1.25 bits per heavy atom. The molecule has 0 saturated carbocycles. The molecule has 0 saturated heterocycles. The lowest BCUT2D eigenvalue weighted by Crippen LogP contribution is -2.50. The number of carbonyl (C=O) groups excluding carboxylic acids is 2. The highest BCUT2D eigenvalue weighted by Crippen LogP contribution is 2.22. The molecule has 2 heterocycles. The summed E-state index contributed by atoms with van der Waals surface area (Å²) in [5, 5.41) is 11.4. The van der Waals surface area contributed by atoms with Crippen molar-refractivity contribution in [3.8, 4) is 0 Å². The molecule has 0 bridgehead atoms. The summed E-state index contributed by atoms with van der Waals surface area (Å²) in [7, 11) is 1.26. The lowest BCUT2D eigenvalue weighted by Gasteiger charge is -2.23. The predicted octanol–water partition coefficient (Wildman–Crippen LogP) is 2.92. The fourth-order valence-corrected chi connectivity index (χ4v) is 3.08. The predicted molar refractivity (Wildman–Crippen MR) is 121 cm³/mol. The second-order valence-electron chi connectivity index (χ2n) is 7.56. The van der Waals surface area contributed by atoms with Crippen LogP contribution in [0.4, 0.5) is 0 Å². The summed E-state index contributed by atoms with van der Waals surface area (Å²) < 4.78 is 12.2. The number of amides is 1. The number of fused-ring (bicyclic) bond motifs is 1. The number of nitrogens with zero attached hydrogens (tertiary/aromatic N) is 3. The van der Waals surface area contributed by atoms with Crippen molar-refractivity contribution in [2.75, 3.05) is 13.7 Å². The number of hydrogen-bond donors (Lipinski definition) is 2. The van der Waals surface area contributed by atoms with Gasteiger partial charge >= 0.3 is 5.97 Å². The fourth-order valence-electron chi connectivity index (χ4n) is 2.87. The van der Waals surface area contributed by atoms with Gasteiger partial charge < -0.3 is 20.5 Å². The van der Waals surface area contributed by atoms with E-state index in [1.807, 2.05) is 30.3 Å². The van der Waals surface area contributed by atoms with E-state index < -0.39 is 23.5 Å². The standard InChI is InChI=1S/C21H24ClN5O4.CH4/c1-21(2,23)20(29)24-16(12-31-11-13-7-5-4-6-8-13)18-26-25-17-15(19(28)30-3)9-14(22)10-27(17)18;/h4-10,16H,11-12,23H2,1-3H3,(H,24,29);1H4/t16-;/m1./s1. The smallest absolute Gasteiger partial charge is 0.341 e. The normalized spacial score (nSPS) is 12.2.